The molecule has 6 nitrogen and oxygen atoms in total. The summed E-state index contributed by atoms with van der Waals surface area (Å²) in [4.78, 5) is 18.6. The Morgan fingerprint density at radius 2 is 1.90 bits per heavy atom. The molecule has 0 spiro atoms. The number of pyridine rings is 1. The Morgan fingerprint density at radius 1 is 1.10 bits per heavy atom. The third kappa shape index (κ3) is 5.96. The molecular weight excluding hydrogens is 488 g/mol. The average molecular weight is 529 g/mol. The topological polar surface area (TPSA) is 71.9 Å². The monoisotopic (exact) mass is 528 g/mol. The number of methoxy groups -OCH3 is 1. The summed E-state index contributed by atoms with van der Waals surface area (Å²) in [5.41, 5.74) is 7.01. The molecule has 3 atom stereocenters. The number of hydrogen-bond acceptors (Lipinski definition) is 5. The van der Waals surface area contributed by atoms with E-state index in [1.807, 2.05) is 19.1 Å². The first-order valence-electron chi connectivity index (χ1n) is 14.3. The normalized spacial score (nSPS) is 18.2. The van der Waals surface area contributed by atoms with Crippen LogP contribution in [0, 0.1) is 11.8 Å². The van der Waals surface area contributed by atoms with Crippen LogP contribution < -0.4 is 9.47 Å². The lowest BCUT2D eigenvalue weighted by molar-refractivity contribution is -0.142. The number of carbonyl (C=O) groups is 1. The zero-order valence-electron chi connectivity index (χ0n) is 23.5. The van der Waals surface area contributed by atoms with E-state index in [-0.39, 0.29) is 12.0 Å². The minimum Gasteiger partial charge on any atom is -0.485 e. The maximum Gasteiger partial charge on any atom is 0.306 e. The van der Waals surface area contributed by atoms with Crippen molar-refractivity contribution in [2.75, 3.05) is 20.2 Å². The summed E-state index contributed by atoms with van der Waals surface area (Å²) in [5, 5.41) is 9.73. The number of carboxylic acid groups (broad SMARTS) is 1. The van der Waals surface area contributed by atoms with Gasteiger partial charge in [-0.3, -0.25) is 9.69 Å². The van der Waals surface area contributed by atoms with E-state index >= 15 is 0 Å². The lowest BCUT2D eigenvalue weighted by Gasteiger charge is -2.29. The van der Waals surface area contributed by atoms with Gasteiger partial charge in [0.1, 0.15) is 11.9 Å². The van der Waals surface area contributed by atoms with E-state index in [9.17, 15) is 9.90 Å². The average Bonchev–Trinajstić information content (AvgIpc) is 3.80. The summed E-state index contributed by atoms with van der Waals surface area (Å²) < 4.78 is 12.0. The van der Waals surface area contributed by atoms with Crippen LogP contribution in [0.3, 0.4) is 0 Å². The Morgan fingerprint density at radius 3 is 2.59 bits per heavy atom. The molecule has 2 unspecified atom stereocenters. The van der Waals surface area contributed by atoms with Gasteiger partial charge in [-0.05, 0) is 96.1 Å². The van der Waals surface area contributed by atoms with Crippen LogP contribution in [0.5, 0.6) is 11.6 Å². The molecule has 3 aromatic rings. The van der Waals surface area contributed by atoms with E-state index in [0.29, 0.717) is 11.8 Å². The van der Waals surface area contributed by atoms with Crippen molar-refractivity contribution in [3.05, 3.63) is 77.0 Å². The molecule has 1 N–H and O–H groups in total. The van der Waals surface area contributed by atoms with Crippen molar-refractivity contribution in [1.29, 1.82) is 0 Å². The smallest absolute Gasteiger partial charge is 0.306 e. The minimum atomic E-state index is -0.726. The van der Waals surface area contributed by atoms with Crippen LogP contribution in [-0.4, -0.2) is 41.2 Å². The summed E-state index contributed by atoms with van der Waals surface area (Å²) >= 11 is 0. The van der Waals surface area contributed by atoms with Gasteiger partial charge in [-0.2, -0.15) is 0 Å². The summed E-state index contributed by atoms with van der Waals surface area (Å²) in [7, 11) is 1.64. The van der Waals surface area contributed by atoms with Crippen LogP contribution in [0.15, 0.2) is 54.7 Å². The number of carboxylic acids is 1. The Kier molecular flexibility index (Phi) is 8.22. The van der Waals surface area contributed by atoms with Crippen LogP contribution in [-0.2, 0) is 17.8 Å². The fraction of sp³-hybridized carbons (Fsp3) is 0.455. The van der Waals surface area contributed by atoms with Gasteiger partial charge < -0.3 is 14.6 Å². The third-order valence-corrected chi connectivity index (χ3v) is 8.52. The van der Waals surface area contributed by atoms with Gasteiger partial charge in [0.2, 0.25) is 5.88 Å². The molecule has 0 amide bonds. The maximum absolute atomic E-state index is 11.8. The van der Waals surface area contributed by atoms with Crippen molar-refractivity contribution < 1.29 is 19.4 Å². The molecule has 6 heteroatoms. The quantitative estimate of drug-likeness (QED) is 0.293. The Labute approximate surface area is 232 Å². The van der Waals surface area contributed by atoms with Gasteiger partial charge in [-0.25, -0.2) is 4.98 Å². The van der Waals surface area contributed by atoms with E-state index in [1.54, 1.807) is 13.3 Å². The lowest BCUT2D eigenvalue weighted by Crippen LogP contribution is -2.23. The van der Waals surface area contributed by atoms with Crippen LogP contribution in [0.1, 0.15) is 74.3 Å². The number of rotatable bonds is 11. The van der Waals surface area contributed by atoms with Crippen LogP contribution in [0.4, 0.5) is 0 Å². The Balaban J connectivity index is 1.45. The predicted molar refractivity (Wildman–Crippen MR) is 153 cm³/mol. The van der Waals surface area contributed by atoms with E-state index < -0.39 is 11.9 Å². The molecule has 0 radical (unpaired) electrons. The number of aliphatic carboxylic acids is 1. The molecule has 2 heterocycles. The van der Waals surface area contributed by atoms with Crippen molar-refractivity contribution in [2.24, 2.45) is 11.8 Å². The fourth-order valence-electron chi connectivity index (χ4n) is 6.01. The molecule has 0 bridgehead atoms. The highest BCUT2D eigenvalue weighted by atomic mass is 16.5. The highest BCUT2D eigenvalue weighted by Gasteiger charge is 2.39. The van der Waals surface area contributed by atoms with E-state index in [1.165, 1.54) is 22.3 Å². The summed E-state index contributed by atoms with van der Waals surface area (Å²) in [6, 6.07) is 17.1. The minimum absolute atomic E-state index is 0.0362. The van der Waals surface area contributed by atoms with Crippen molar-refractivity contribution in [1.82, 2.24) is 9.88 Å². The molecular formula is C33H40N2O4. The predicted octanol–water partition coefficient (Wildman–Crippen LogP) is 6.88. The van der Waals surface area contributed by atoms with Crippen molar-refractivity contribution >= 4 is 5.97 Å². The molecule has 1 fully saturated rings. The zero-order chi connectivity index (χ0) is 27.5. The first-order chi connectivity index (χ1) is 18.9. The number of aryl methyl sites for hydroxylation is 1. The van der Waals surface area contributed by atoms with Crippen LogP contribution >= 0.6 is 0 Å². The van der Waals surface area contributed by atoms with Gasteiger partial charge in [0.05, 0.1) is 13.0 Å². The van der Waals surface area contributed by atoms with E-state index in [2.05, 4.69) is 60.1 Å². The number of fused-ring (bicyclic) bond motifs is 1. The molecule has 1 aliphatic heterocycles. The molecule has 0 saturated heterocycles. The number of hydrogen-bond donors (Lipinski definition) is 1. The molecule has 1 saturated carbocycles. The zero-order valence-corrected chi connectivity index (χ0v) is 23.5. The Bertz CT molecular complexity index is 1310. The van der Waals surface area contributed by atoms with Gasteiger partial charge in [0.25, 0.3) is 0 Å². The van der Waals surface area contributed by atoms with Gasteiger partial charge in [-0.15, -0.1) is 0 Å². The molecule has 2 aliphatic rings. The number of ether oxygens (including phenoxy) is 2. The van der Waals surface area contributed by atoms with Gasteiger partial charge in [-0.1, -0.05) is 51.1 Å². The standard InChI is InChI=1S/C33H40N2O4/c1-5-35(6-2)20-27-17-25(11-13-28(27)24-15-16-34-31(19-24)38-4)29-14-12-22-7-10-26(18-30(22)39-29)32(23-8-9-23)21(3)33(36)37/h7,10-11,13,15-19,21,23,29,32H,5-6,8-9,12,14,20H2,1-4H3,(H,36,37)/t21-,29?,32?/m0/s1. The second-order valence-electron chi connectivity index (χ2n) is 11.0. The first-order valence-corrected chi connectivity index (χ1v) is 14.3. The highest BCUT2D eigenvalue weighted by Crippen LogP contribution is 2.48. The Hall–Kier alpha value is -3.38. The largest absolute Gasteiger partial charge is 0.485 e. The number of aromatic nitrogens is 1. The third-order valence-electron chi connectivity index (χ3n) is 8.52. The van der Waals surface area contributed by atoms with Crippen LogP contribution in [0.2, 0.25) is 0 Å². The fourth-order valence-corrected chi connectivity index (χ4v) is 6.01. The van der Waals surface area contributed by atoms with Gasteiger partial charge in [0, 0.05) is 18.8 Å². The number of benzene rings is 2. The summed E-state index contributed by atoms with van der Waals surface area (Å²) in [6.45, 7) is 9.04. The highest BCUT2D eigenvalue weighted by molar-refractivity contribution is 5.71. The van der Waals surface area contributed by atoms with E-state index in [4.69, 9.17) is 9.47 Å². The van der Waals surface area contributed by atoms with Crippen molar-refractivity contribution in [2.45, 2.75) is 65.0 Å². The molecule has 1 aliphatic carbocycles. The molecule has 1 aromatic heterocycles. The van der Waals surface area contributed by atoms with Crippen LogP contribution in [0.25, 0.3) is 11.1 Å². The summed E-state index contributed by atoms with van der Waals surface area (Å²) in [6.07, 6.45) is 5.82. The number of nitrogens with zero attached hydrogens (tertiary/aromatic N) is 2. The lowest BCUT2D eigenvalue weighted by atomic mass is 9.82. The van der Waals surface area contributed by atoms with E-state index in [0.717, 1.165) is 62.2 Å². The van der Waals surface area contributed by atoms with Crippen molar-refractivity contribution in [3.63, 3.8) is 0 Å². The second kappa shape index (κ2) is 11.8. The first kappa shape index (κ1) is 27.2. The molecule has 39 heavy (non-hydrogen) atoms. The van der Waals surface area contributed by atoms with Gasteiger partial charge >= 0.3 is 5.97 Å². The molecule has 5 rings (SSSR count). The van der Waals surface area contributed by atoms with Crippen molar-refractivity contribution in [3.8, 4) is 22.8 Å². The van der Waals surface area contributed by atoms with Gasteiger partial charge in [0.15, 0.2) is 0 Å². The molecule has 206 valence electrons. The SMILES string of the molecule is CCN(CC)Cc1cc(C2CCc3ccc(C(C4CC4)[C@H](C)C(=O)O)cc3O2)ccc1-c1ccnc(OC)c1. The molecule has 2 aromatic carbocycles. The second-order valence-corrected chi connectivity index (χ2v) is 11.0. The summed E-state index contributed by atoms with van der Waals surface area (Å²) in [5.74, 6) is 0.868. The maximum atomic E-state index is 11.8.